The van der Waals surface area contributed by atoms with Crippen LogP contribution in [0.2, 0.25) is 0 Å². The van der Waals surface area contributed by atoms with Crippen molar-refractivity contribution in [2.24, 2.45) is 0 Å². The first-order valence-electron chi connectivity index (χ1n) is 15.1. The molecule has 6 rings (SSSR count). The minimum Gasteiger partial charge on any atom is -0.461 e. The Bertz CT molecular complexity index is 1910. The lowest BCUT2D eigenvalue weighted by atomic mass is 9.95. The number of carbonyl (C=O) groups excluding carboxylic acids is 3. The molecule has 0 bridgehead atoms. The highest BCUT2D eigenvalue weighted by molar-refractivity contribution is 6.03. The van der Waals surface area contributed by atoms with Gasteiger partial charge >= 0.3 is 5.97 Å². The Morgan fingerprint density at radius 1 is 0.977 bits per heavy atom. The van der Waals surface area contributed by atoms with Crippen LogP contribution in [0.1, 0.15) is 72.8 Å². The summed E-state index contributed by atoms with van der Waals surface area (Å²) in [4.78, 5) is 55.1. The van der Waals surface area contributed by atoms with Crippen LogP contribution in [0.5, 0.6) is 0 Å². The third-order valence-corrected chi connectivity index (χ3v) is 8.19. The van der Waals surface area contributed by atoms with Gasteiger partial charge < -0.3 is 20.4 Å². The van der Waals surface area contributed by atoms with Crippen molar-refractivity contribution in [3.8, 4) is 5.69 Å². The van der Waals surface area contributed by atoms with Crippen molar-refractivity contribution in [3.63, 3.8) is 0 Å². The zero-order valence-corrected chi connectivity index (χ0v) is 24.8. The summed E-state index contributed by atoms with van der Waals surface area (Å²) in [5, 5.41) is 6.77. The molecule has 1 fully saturated rings. The summed E-state index contributed by atoms with van der Waals surface area (Å²) in [5.74, 6) is -1.31. The van der Waals surface area contributed by atoms with Crippen molar-refractivity contribution >= 4 is 45.3 Å². The molecule has 226 valence electrons. The monoisotopic (exact) mass is 593 g/mol. The van der Waals surface area contributed by atoms with Crippen molar-refractivity contribution in [2.45, 2.75) is 58.0 Å². The van der Waals surface area contributed by atoms with Gasteiger partial charge in [-0.25, -0.2) is 9.48 Å². The molecule has 0 aliphatic heterocycles. The van der Waals surface area contributed by atoms with E-state index in [0.717, 1.165) is 47.8 Å². The Labute approximate surface area is 254 Å². The topological polar surface area (TPSA) is 127 Å². The second kappa shape index (κ2) is 12.2. The molecule has 1 aliphatic rings. The fourth-order valence-electron chi connectivity index (χ4n) is 5.99. The first kappa shape index (κ1) is 29.0. The van der Waals surface area contributed by atoms with Crippen LogP contribution in [0.15, 0.2) is 77.6 Å². The average molecular weight is 594 g/mol. The Hall–Kier alpha value is -5.12. The number of aromatic nitrogens is 3. The van der Waals surface area contributed by atoms with Gasteiger partial charge in [0, 0.05) is 22.2 Å². The molecule has 1 aliphatic carbocycles. The molecule has 0 radical (unpaired) electrons. The second-order valence-electron chi connectivity index (χ2n) is 11.2. The lowest BCUT2D eigenvalue weighted by Crippen LogP contribution is -2.41. The molecule has 0 saturated heterocycles. The molecule has 3 N–H and O–H groups in total. The maximum atomic E-state index is 13.8. The van der Waals surface area contributed by atoms with Gasteiger partial charge in [0.05, 0.1) is 29.2 Å². The van der Waals surface area contributed by atoms with E-state index in [1.54, 1.807) is 54.9 Å². The van der Waals surface area contributed by atoms with Gasteiger partial charge in [-0.15, -0.1) is 0 Å². The van der Waals surface area contributed by atoms with E-state index >= 15 is 0 Å². The molecule has 2 aromatic heterocycles. The average Bonchev–Trinajstić information content (AvgIpc) is 3.60. The molecule has 0 spiro atoms. The minimum absolute atomic E-state index is 0.177. The number of esters is 1. The van der Waals surface area contributed by atoms with Crippen molar-refractivity contribution in [1.29, 1.82) is 0 Å². The molecule has 5 aromatic rings. The van der Waals surface area contributed by atoms with Crippen LogP contribution < -0.4 is 16.2 Å². The van der Waals surface area contributed by atoms with Crippen LogP contribution in [0.3, 0.4) is 0 Å². The number of benzene rings is 3. The second-order valence-corrected chi connectivity index (χ2v) is 11.2. The van der Waals surface area contributed by atoms with Gasteiger partial charge in [0.25, 0.3) is 11.5 Å². The number of amides is 2. The summed E-state index contributed by atoms with van der Waals surface area (Å²) < 4.78 is 8.87. The quantitative estimate of drug-likeness (QED) is 0.199. The zero-order valence-electron chi connectivity index (χ0n) is 24.8. The highest BCUT2D eigenvalue weighted by atomic mass is 16.5. The summed E-state index contributed by atoms with van der Waals surface area (Å²) in [7, 11) is 0. The molecule has 3 aromatic carbocycles. The normalized spacial score (nSPS) is 14.4. The van der Waals surface area contributed by atoms with E-state index in [2.05, 4.69) is 20.3 Å². The van der Waals surface area contributed by atoms with Crippen LogP contribution in [-0.4, -0.2) is 44.8 Å². The SMILES string of the molecule is CCOC(=O)c1cc2cc(NC(=O)[C@H](C)NC(=O)c3ccc4c(c3)c(=O)n(-c3ccccc3)n4C3CCCCC3)ccc2[nH]1. The van der Waals surface area contributed by atoms with Crippen LogP contribution in [0.25, 0.3) is 27.5 Å². The van der Waals surface area contributed by atoms with E-state index in [1.807, 2.05) is 36.4 Å². The third-order valence-electron chi connectivity index (χ3n) is 8.19. The highest BCUT2D eigenvalue weighted by Crippen LogP contribution is 2.32. The number of nitrogens with zero attached hydrogens (tertiary/aromatic N) is 2. The lowest BCUT2D eigenvalue weighted by Gasteiger charge is -2.26. The van der Waals surface area contributed by atoms with E-state index in [1.165, 1.54) is 6.42 Å². The number of rotatable bonds is 8. The summed E-state index contributed by atoms with van der Waals surface area (Å²) in [6, 6.07) is 20.9. The smallest absolute Gasteiger partial charge is 0.354 e. The fourth-order valence-corrected chi connectivity index (χ4v) is 5.99. The van der Waals surface area contributed by atoms with Crippen LogP contribution in [0, 0.1) is 0 Å². The van der Waals surface area contributed by atoms with Gasteiger partial charge in [-0.05, 0) is 81.3 Å². The maximum Gasteiger partial charge on any atom is 0.354 e. The summed E-state index contributed by atoms with van der Waals surface area (Å²) in [5.41, 5.74) is 3.27. The van der Waals surface area contributed by atoms with E-state index in [-0.39, 0.29) is 18.2 Å². The molecule has 0 unspecified atom stereocenters. The highest BCUT2D eigenvalue weighted by Gasteiger charge is 2.25. The molecule has 10 heteroatoms. The van der Waals surface area contributed by atoms with E-state index in [4.69, 9.17) is 4.74 Å². The van der Waals surface area contributed by atoms with Gasteiger partial charge in [-0.2, -0.15) is 0 Å². The number of aromatic amines is 1. The molecule has 44 heavy (non-hydrogen) atoms. The number of H-pyrrole nitrogens is 1. The minimum atomic E-state index is -0.858. The van der Waals surface area contributed by atoms with Crippen molar-refractivity contribution < 1.29 is 19.1 Å². The van der Waals surface area contributed by atoms with E-state index in [9.17, 15) is 19.2 Å². The van der Waals surface area contributed by atoms with Gasteiger partial charge in [0.15, 0.2) is 0 Å². The van der Waals surface area contributed by atoms with Crippen molar-refractivity contribution in [1.82, 2.24) is 19.7 Å². The Balaban J connectivity index is 1.21. The summed E-state index contributed by atoms with van der Waals surface area (Å²) in [6.45, 7) is 3.61. The van der Waals surface area contributed by atoms with Gasteiger partial charge in [0.1, 0.15) is 11.7 Å². The number of para-hydroxylation sites is 1. The van der Waals surface area contributed by atoms with Gasteiger partial charge in [-0.3, -0.25) is 19.1 Å². The largest absolute Gasteiger partial charge is 0.461 e. The number of hydrogen-bond donors (Lipinski definition) is 3. The van der Waals surface area contributed by atoms with E-state index in [0.29, 0.717) is 22.3 Å². The molecule has 10 nitrogen and oxygen atoms in total. The standard InChI is InChI=1S/C34H35N5O5/c1-3-44-34(43)29-20-23-18-24(15-16-28(23)37-29)36-31(40)21(2)35-32(41)22-14-17-30-27(19-22)33(42)39(26-12-8-5-9-13-26)38(30)25-10-6-4-7-11-25/h5,8-9,12-21,25,37H,3-4,6-7,10-11H2,1-2H3,(H,35,41)(H,36,40)/t21-/m0/s1. The van der Waals surface area contributed by atoms with Crippen molar-refractivity contribution in [2.75, 3.05) is 11.9 Å². The molecular formula is C34H35N5O5. The summed E-state index contributed by atoms with van der Waals surface area (Å²) in [6.07, 6.45) is 5.41. The van der Waals surface area contributed by atoms with Gasteiger partial charge in [0.2, 0.25) is 5.91 Å². The van der Waals surface area contributed by atoms with E-state index < -0.39 is 23.8 Å². The molecule has 1 atom stereocenters. The number of anilines is 1. The number of carbonyl (C=O) groups is 3. The maximum absolute atomic E-state index is 13.8. The number of ether oxygens (including phenoxy) is 1. The molecule has 2 amide bonds. The molecule has 2 heterocycles. The lowest BCUT2D eigenvalue weighted by molar-refractivity contribution is -0.117. The Kier molecular flexibility index (Phi) is 8.06. The first-order chi connectivity index (χ1) is 21.3. The van der Waals surface area contributed by atoms with Crippen LogP contribution in [-0.2, 0) is 9.53 Å². The molecule has 1 saturated carbocycles. The van der Waals surface area contributed by atoms with Crippen molar-refractivity contribution in [3.05, 3.63) is 94.4 Å². The Morgan fingerprint density at radius 2 is 1.75 bits per heavy atom. The summed E-state index contributed by atoms with van der Waals surface area (Å²) >= 11 is 0. The fraction of sp³-hybridized carbons (Fsp3) is 0.294. The predicted molar refractivity (Wildman–Crippen MR) is 169 cm³/mol. The first-order valence-corrected chi connectivity index (χ1v) is 15.1. The third kappa shape index (κ3) is 5.62. The van der Waals surface area contributed by atoms with Crippen LogP contribution >= 0.6 is 0 Å². The van der Waals surface area contributed by atoms with Crippen LogP contribution in [0.4, 0.5) is 5.69 Å². The predicted octanol–water partition coefficient (Wildman–Crippen LogP) is 5.71. The number of hydrogen-bond acceptors (Lipinski definition) is 5. The zero-order chi connectivity index (χ0) is 30.8. The number of fused-ring (bicyclic) bond motifs is 2. The van der Waals surface area contributed by atoms with Gasteiger partial charge in [-0.1, -0.05) is 37.5 Å². The molecular weight excluding hydrogens is 558 g/mol. The number of nitrogens with one attached hydrogen (secondary N) is 3. The Morgan fingerprint density at radius 3 is 2.50 bits per heavy atom.